The Bertz CT molecular complexity index is 1210. The van der Waals surface area contributed by atoms with Crippen molar-refractivity contribution in [3.8, 4) is 0 Å². The largest absolute Gasteiger partial charge is 0.419 e. The van der Waals surface area contributed by atoms with Crippen molar-refractivity contribution in [2.24, 2.45) is 5.73 Å². The lowest BCUT2D eigenvalue weighted by molar-refractivity contribution is -0.140. The van der Waals surface area contributed by atoms with Crippen LogP contribution < -0.4 is 21.7 Å². The van der Waals surface area contributed by atoms with Gasteiger partial charge in [-0.25, -0.2) is 19.3 Å². The second kappa shape index (κ2) is 10.6. The number of anilines is 2. The molecule has 2 aliphatic rings. The summed E-state index contributed by atoms with van der Waals surface area (Å²) in [5.74, 6) is -1.21. The van der Waals surface area contributed by atoms with Gasteiger partial charge in [0.05, 0.1) is 31.1 Å². The number of nitrogens with one attached hydrogen (secondary N) is 1. The molecule has 36 heavy (non-hydrogen) atoms. The third-order valence-corrected chi connectivity index (χ3v) is 6.08. The molecular weight excluding hydrogens is 484 g/mol. The monoisotopic (exact) mass is 510 g/mol. The van der Waals surface area contributed by atoms with Crippen molar-refractivity contribution < 1.29 is 27.1 Å². The fourth-order valence-electron chi connectivity index (χ4n) is 4.32. The van der Waals surface area contributed by atoms with E-state index in [0.29, 0.717) is 31.8 Å². The van der Waals surface area contributed by atoms with Crippen LogP contribution in [0.5, 0.6) is 0 Å². The lowest BCUT2D eigenvalue weighted by atomic mass is 10.0. The maximum atomic E-state index is 14.3. The number of hydrogen-bond acceptors (Lipinski definition) is 8. The molecule has 2 fully saturated rings. The molecule has 0 saturated carbocycles. The van der Waals surface area contributed by atoms with Gasteiger partial charge in [-0.15, -0.1) is 0 Å². The quantitative estimate of drug-likeness (QED) is 0.348. The molecule has 0 aliphatic carbocycles. The number of ether oxygens (including phenoxy) is 1. The Morgan fingerprint density at radius 1 is 1.22 bits per heavy atom. The van der Waals surface area contributed by atoms with E-state index in [4.69, 9.17) is 16.2 Å². The van der Waals surface area contributed by atoms with Crippen molar-refractivity contribution in [1.29, 1.82) is 0 Å². The first-order chi connectivity index (χ1) is 17.2. The molecule has 3 aromatic rings. The first kappa shape index (κ1) is 25.6. The summed E-state index contributed by atoms with van der Waals surface area (Å²) in [5, 5.41) is 2.64. The number of rotatable bonds is 5. The second-order valence-electron chi connectivity index (χ2n) is 8.56. The third-order valence-electron chi connectivity index (χ3n) is 6.08. The predicted molar refractivity (Wildman–Crippen MR) is 123 cm³/mol. The van der Waals surface area contributed by atoms with E-state index in [1.165, 1.54) is 23.3 Å². The Morgan fingerprint density at radius 2 is 2.03 bits per heavy atom. The normalized spacial score (nSPS) is 19.9. The standard InChI is InChI=1S/C17H17F4N7.C5H9NO2/c18-11-1-2-12(27-4-3-9(22)5-27)10(13(11)17(19,20)21)6-28-8-26-14-15(23)24-7-25-16(14)28;7-4-6-5-1-2-8-3-5/h1-2,7-9H,3-6,22H2,(H2,23,24,25);4-5H,1-3H2,(H,6,7). The SMILES string of the molecule is Nc1ncnc2c1ncn2Cc1c(N2CCC(N)C2)ccc(F)c1C(F)(F)F.O=CNC1CCOC1. The van der Waals surface area contributed by atoms with Gasteiger partial charge in [0, 0.05) is 37.0 Å². The van der Waals surface area contributed by atoms with Crippen molar-refractivity contribution in [3.05, 3.63) is 41.7 Å². The number of fused-ring (bicyclic) bond motifs is 1. The van der Waals surface area contributed by atoms with E-state index >= 15 is 0 Å². The molecule has 5 rings (SSSR count). The van der Waals surface area contributed by atoms with Crippen LogP contribution in [0, 0.1) is 5.82 Å². The Hall–Kier alpha value is -3.52. The molecule has 1 aromatic carbocycles. The highest BCUT2D eigenvalue weighted by Gasteiger charge is 2.39. The molecular formula is C22H26F4N8O2. The number of halogens is 4. The highest BCUT2D eigenvalue weighted by molar-refractivity contribution is 5.81. The van der Waals surface area contributed by atoms with Gasteiger partial charge in [0.1, 0.15) is 17.7 Å². The van der Waals surface area contributed by atoms with E-state index in [1.54, 1.807) is 4.90 Å². The number of alkyl halides is 3. The fraction of sp³-hybridized carbons (Fsp3) is 0.455. The van der Waals surface area contributed by atoms with Crippen LogP contribution in [0.4, 0.5) is 29.1 Å². The van der Waals surface area contributed by atoms with E-state index in [1.807, 2.05) is 0 Å². The maximum absolute atomic E-state index is 14.3. The molecule has 2 aliphatic heterocycles. The lowest BCUT2D eigenvalue weighted by Crippen LogP contribution is -2.28. The van der Waals surface area contributed by atoms with Crippen LogP contribution >= 0.6 is 0 Å². The number of benzene rings is 1. The van der Waals surface area contributed by atoms with Crippen molar-refractivity contribution in [2.75, 3.05) is 36.9 Å². The number of carbonyl (C=O) groups is 1. The summed E-state index contributed by atoms with van der Waals surface area (Å²) in [6.07, 6.45) is -0.0115. The molecule has 5 N–H and O–H groups in total. The molecule has 194 valence electrons. The van der Waals surface area contributed by atoms with Crippen molar-refractivity contribution in [2.45, 2.75) is 37.6 Å². The molecule has 2 aromatic heterocycles. The van der Waals surface area contributed by atoms with Gasteiger partial charge >= 0.3 is 6.18 Å². The summed E-state index contributed by atoms with van der Waals surface area (Å²) < 4.78 is 61.8. The Morgan fingerprint density at radius 3 is 2.67 bits per heavy atom. The molecule has 0 radical (unpaired) electrons. The number of nitrogen functional groups attached to an aromatic ring is 1. The zero-order valence-corrected chi connectivity index (χ0v) is 19.2. The number of imidazole rings is 1. The number of hydrogen-bond donors (Lipinski definition) is 3. The van der Waals surface area contributed by atoms with Gasteiger partial charge < -0.3 is 31.0 Å². The molecule has 0 spiro atoms. The van der Waals surface area contributed by atoms with Gasteiger partial charge in [-0.2, -0.15) is 13.2 Å². The molecule has 2 atom stereocenters. The molecule has 2 unspecified atom stereocenters. The third kappa shape index (κ3) is 5.49. The predicted octanol–water partition coefficient (Wildman–Crippen LogP) is 1.67. The summed E-state index contributed by atoms with van der Waals surface area (Å²) in [6.45, 7) is 2.08. The van der Waals surface area contributed by atoms with Gasteiger partial charge in [-0.05, 0) is 25.0 Å². The topological polar surface area (TPSA) is 137 Å². The zero-order valence-electron chi connectivity index (χ0n) is 19.2. The van der Waals surface area contributed by atoms with Crippen molar-refractivity contribution in [3.63, 3.8) is 0 Å². The molecule has 10 nitrogen and oxygen atoms in total. The van der Waals surface area contributed by atoms with E-state index in [9.17, 15) is 22.4 Å². The minimum Gasteiger partial charge on any atom is -0.382 e. The molecule has 1 amide bonds. The zero-order chi connectivity index (χ0) is 25.9. The van der Waals surface area contributed by atoms with Gasteiger partial charge in [-0.1, -0.05) is 0 Å². The first-order valence-corrected chi connectivity index (χ1v) is 11.3. The van der Waals surface area contributed by atoms with E-state index in [-0.39, 0.29) is 41.2 Å². The minimum atomic E-state index is -4.86. The highest BCUT2D eigenvalue weighted by atomic mass is 19.4. The van der Waals surface area contributed by atoms with Gasteiger partial charge in [-0.3, -0.25) is 4.79 Å². The Balaban J connectivity index is 0.000000325. The van der Waals surface area contributed by atoms with Crippen LogP contribution in [0.3, 0.4) is 0 Å². The number of nitrogens with two attached hydrogens (primary N) is 2. The Labute approximate surface area is 203 Å². The van der Waals surface area contributed by atoms with Crippen molar-refractivity contribution >= 4 is 29.1 Å². The van der Waals surface area contributed by atoms with Gasteiger partial charge in [0.25, 0.3) is 0 Å². The van der Waals surface area contributed by atoms with Crippen LogP contribution in [0.25, 0.3) is 11.2 Å². The summed E-state index contributed by atoms with van der Waals surface area (Å²) in [5.41, 5.74) is 11.0. The number of carbonyl (C=O) groups excluding carboxylic acids is 1. The van der Waals surface area contributed by atoms with Gasteiger partial charge in [0.2, 0.25) is 6.41 Å². The summed E-state index contributed by atoms with van der Waals surface area (Å²) in [4.78, 5) is 23.5. The average Bonchev–Trinajstić information content (AvgIpc) is 3.57. The number of amides is 1. The highest BCUT2D eigenvalue weighted by Crippen LogP contribution is 2.39. The molecule has 4 heterocycles. The fourth-order valence-corrected chi connectivity index (χ4v) is 4.32. The van der Waals surface area contributed by atoms with Crippen LogP contribution in [-0.2, 0) is 22.3 Å². The van der Waals surface area contributed by atoms with Crippen LogP contribution in [0.15, 0.2) is 24.8 Å². The summed E-state index contributed by atoms with van der Waals surface area (Å²) in [7, 11) is 0. The number of aromatic nitrogens is 4. The molecule has 2 saturated heterocycles. The molecule has 0 bridgehead atoms. The summed E-state index contributed by atoms with van der Waals surface area (Å²) >= 11 is 0. The smallest absolute Gasteiger partial charge is 0.382 e. The van der Waals surface area contributed by atoms with E-state index in [2.05, 4.69) is 20.3 Å². The minimum absolute atomic E-state index is 0.116. The van der Waals surface area contributed by atoms with Crippen LogP contribution in [-0.4, -0.2) is 64.3 Å². The lowest BCUT2D eigenvalue weighted by Gasteiger charge is -2.25. The average molecular weight is 510 g/mol. The van der Waals surface area contributed by atoms with Crippen LogP contribution in [0.1, 0.15) is 24.0 Å². The number of nitrogens with zero attached hydrogens (tertiary/aromatic N) is 5. The molecule has 14 heteroatoms. The Kier molecular flexibility index (Phi) is 7.54. The van der Waals surface area contributed by atoms with E-state index in [0.717, 1.165) is 25.5 Å². The van der Waals surface area contributed by atoms with Crippen molar-refractivity contribution in [1.82, 2.24) is 24.8 Å². The van der Waals surface area contributed by atoms with Crippen LogP contribution in [0.2, 0.25) is 0 Å². The van der Waals surface area contributed by atoms with E-state index < -0.39 is 17.6 Å². The first-order valence-electron chi connectivity index (χ1n) is 11.3. The van der Waals surface area contributed by atoms with Gasteiger partial charge in [0.15, 0.2) is 11.5 Å². The maximum Gasteiger partial charge on any atom is 0.419 e. The summed E-state index contributed by atoms with van der Waals surface area (Å²) in [6, 6.07) is 2.33. The second-order valence-corrected chi connectivity index (χ2v) is 8.56.